The average molecular weight is 515 g/mol. The Hall–Kier alpha value is -3.43. The van der Waals surface area contributed by atoms with Crippen LogP contribution < -0.4 is 21.3 Å². The first-order chi connectivity index (χ1) is 17.1. The van der Waals surface area contributed by atoms with Crippen molar-refractivity contribution in [2.75, 3.05) is 6.61 Å². The van der Waals surface area contributed by atoms with Crippen LogP contribution in [0, 0.1) is 0 Å². The van der Waals surface area contributed by atoms with Gasteiger partial charge in [0.05, 0.1) is 5.92 Å². The van der Waals surface area contributed by atoms with Crippen LogP contribution in [0.4, 0.5) is 0 Å². The lowest BCUT2D eigenvalue weighted by molar-refractivity contribution is -0.156. The van der Waals surface area contributed by atoms with Crippen molar-refractivity contribution in [3.63, 3.8) is 0 Å². The van der Waals surface area contributed by atoms with Gasteiger partial charge in [-0.2, -0.15) is 0 Å². The van der Waals surface area contributed by atoms with Gasteiger partial charge in [0, 0.05) is 0 Å². The summed E-state index contributed by atoms with van der Waals surface area (Å²) in [5.74, 6) is -3.78. The molecule has 0 radical (unpaired) electrons. The Bertz CT molecular complexity index is 1070. The molecule has 1 aromatic carbocycles. The molecule has 4 N–H and O–H groups in total. The number of benzene rings is 1. The van der Waals surface area contributed by atoms with Crippen LogP contribution in [0.2, 0.25) is 0 Å². The second kappa shape index (κ2) is 10.1. The molecule has 10 nitrogen and oxygen atoms in total. The first-order valence-corrected chi connectivity index (χ1v) is 12.6. The number of amides is 4. The summed E-state index contributed by atoms with van der Waals surface area (Å²) in [5, 5.41) is 10.9. The first-order valence-electron chi connectivity index (χ1n) is 12.6. The maximum Gasteiger partial charge on any atom is 0.331 e. The molecule has 1 atom stereocenters. The van der Waals surface area contributed by atoms with E-state index in [-0.39, 0.29) is 6.61 Å². The Morgan fingerprint density at radius 1 is 0.676 bits per heavy atom. The van der Waals surface area contributed by atoms with E-state index in [1.165, 1.54) is 41.5 Å². The van der Waals surface area contributed by atoms with E-state index >= 15 is 0 Å². The number of rotatable bonds is 1. The molecular weight excluding hydrogens is 476 g/mol. The van der Waals surface area contributed by atoms with Crippen LogP contribution in [-0.4, -0.2) is 58.4 Å². The summed E-state index contributed by atoms with van der Waals surface area (Å²) in [4.78, 5) is 66.4. The number of carbonyl (C=O) groups is 5. The lowest BCUT2D eigenvalue weighted by Gasteiger charge is -2.37. The summed E-state index contributed by atoms with van der Waals surface area (Å²) >= 11 is 0. The molecule has 37 heavy (non-hydrogen) atoms. The van der Waals surface area contributed by atoms with Crippen LogP contribution >= 0.6 is 0 Å². The smallest absolute Gasteiger partial charge is 0.331 e. The summed E-state index contributed by atoms with van der Waals surface area (Å²) in [6, 6.07) is 8.82. The van der Waals surface area contributed by atoms with Gasteiger partial charge in [-0.25, -0.2) is 4.79 Å². The quantitative estimate of drug-likeness (QED) is 0.418. The van der Waals surface area contributed by atoms with Crippen molar-refractivity contribution in [1.82, 2.24) is 21.3 Å². The minimum Gasteiger partial charge on any atom is -0.463 e. The second-order valence-electron chi connectivity index (χ2n) is 11.6. The predicted octanol–water partition coefficient (Wildman–Crippen LogP) is 1.44. The van der Waals surface area contributed by atoms with E-state index < -0.39 is 57.7 Å². The lowest BCUT2D eigenvalue weighted by atomic mass is 9.92. The Kier molecular flexibility index (Phi) is 7.72. The van der Waals surface area contributed by atoms with E-state index in [1.807, 2.05) is 0 Å². The van der Waals surface area contributed by atoms with Gasteiger partial charge in [-0.15, -0.1) is 0 Å². The second-order valence-corrected chi connectivity index (χ2v) is 11.6. The summed E-state index contributed by atoms with van der Waals surface area (Å²) < 4.78 is 5.68. The van der Waals surface area contributed by atoms with Gasteiger partial charge in [-0.05, 0) is 59.9 Å². The molecule has 1 saturated heterocycles. The molecule has 0 aromatic heterocycles. The molecule has 1 aliphatic carbocycles. The fourth-order valence-corrected chi connectivity index (χ4v) is 4.48. The molecule has 2 aliphatic rings. The minimum absolute atomic E-state index is 0.268. The molecule has 4 amide bonds. The van der Waals surface area contributed by atoms with Crippen LogP contribution in [0.3, 0.4) is 0 Å². The molecule has 202 valence electrons. The molecule has 0 bridgehead atoms. The third kappa shape index (κ3) is 6.11. The minimum atomic E-state index is -1.41. The van der Waals surface area contributed by atoms with Crippen LogP contribution in [0.25, 0.3) is 0 Å². The highest BCUT2D eigenvalue weighted by atomic mass is 16.5. The van der Waals surface area contributed by atoms with E-state index in [0.29, 0.717) is 18.4 Å². The molecule has 1 aromatic rings. The number of hydrogen-bond acceptors (Lipinski definition) is 6. The summed E-state index contributed by atoms with van der Waals surface area (Å²) in [7, 11) is 0. The van der Waals surface area contributed by atoms with E-state index in [1.54, 1.807) is 30.3 Å². The van der Waals surface area contributed by atoms with Crippen molar-refractivity contribution in [2.24, 2.45) is 0 Å². The number of ether oxygens (including phenoxy) is 1. The van der Waals surface area contributed by atoms with Crippen LogP contribution in [0.5, 0.6) is 0 Å². The molecule has 1 heterocycles. The van der Waals surface area contributed by atoms with Crippen molar-refractivity contribution >= 4 is 29.6 Å². The number of carbonyl (C=O) groups excluding carboxylic acids is 5. The van der Waals surface area contributed by atoms with Gasteiger partial charge in [0.15, 0.2) is 0 Å². The lowest BCUT2D eigenvalue weighted by Crippen LogP contribution is -2.68. The zero-order valence-electron chi connectivity index (χ0n) is 22.4. The Balaban J connectivity index is 2.03. The zero-order chi connectivity index (χ0) is 27.6. The molecule has 2 fully saturated rings. The number of nitrogens with one attached hydrogen (secondary N) is 4. The highest BCUT2D eigenvalue weighted by Gasteiger charge is 2.48. The predicted molar refractivity (Wildman–Crippen MR) is 136 cm³/mol. The van der Waals surface area contributed by atoms with Gasteiger partial charge in [0.25, 0.3) is 0 Å². The Morgan fingerprint density at radius 3 is 1.65 bits per heavy atom. The standard InChI is InChI=1S/C27H38N4O6/c1-24(2)20(33)29-25(3,4)21(34)30-26(5,6)22(35)31-27(14-10-11-15-27)23(36)37-16-18(19(32)28-24)17-12-8-7-9-13-17/h7-9,12-13,18H,10-11,14-16H2,1-6H3,(H,28,32)(H,29,33)(H,30,34)(H,31,35). The van der Waals surface area contributed by atoms with Crippen molar-refractivity contribution in [2.45, 2.75) is 95.3 Å². The maximum absolute atomic E-state index is 13.4. The molecule has 3 rings (SSSR count). The van der Waals surface area contributed by atoms with Crippen molar-refractivity contribution in [1.29, 1.82) is 0 Å². The van der Waals surface area contributed by atoms with Gasteiger partial charge in [0.1, 0.15) is 28.8 Å². The summed E-state index contributed by atoms with van der Waals surface area (Å²) in [5.41, 5.74) is -4.84. The molecule has 1 aliphatic heterocycles. The molecule has 1 unspecified atom stereocenters. The molecule has 1 spiro atoms. The van der Waals surface area contributed by atoms with Crippen molar-refractivity contribution < 1.29 is 28.7 Å². The summed E-state index contributed by atoms with van der Waals surface area (Å²) in [6.07, 6.45) is 2.22. The maximum atomic E-state index is 13.4. The SMILES string of the molecule is CC1(C)NC(=O)C(c2ccccc2)COC(=O)C2(CCCC2)NC(=O)C(C)(C)NC(=O)C(C)(C)NC1=O. The van der Waals surface area contributed by atoms with Crippen LogP contribution in [0.15, 0.2) is 30.3 Å². The third-order valence-corrected chi connectivity index (χ3v) is 7.09. The van der Waals surface area contributed by atoms with Crippen molar-refractivity contribution in [3.8, 4) is 0 Å². The van der Waals surface area contributed by atoms with Crippen molar-refractivity contribution in [3.05, 3.63) is 35.9 Å². The largest absolute Gasteiger partial charge is 0.463 e. The number of esters is 1. The molecule has 10 heteroatoms. The molecule has 1 saturated carbocycles. The fraction of sp³-hybridized carbons (Fsp3) is 0.593. The summed E-state index contributed by atoms with van der Waals surface area (Å²) in [6.45, 7) is 8.87. The fourth-order valence-electron chi connectivity index (χ4n) is 4.48. The van der Waals surface area contributed by atoms with Gasteiger partial charge < -0.3 is 26.0 Å². The topological polar surface area (TPSA) is 143 Å². The van der Waals surface area contributed by atoms with Gasteiger partial charge in [-0.1, -0.05) is 43.2 Å². The highest BCUT2D eigenvalue weighted by Crippen LogP contribution is 2.32. The van der Waals surface area contributed by atoms with E-state index in [0.717, 1.165) is 12.8 Å². The normalized spacial score (nSPS) is 25.9. The van der Waals surface area contributed by atoms with Gasteiger partial charge >= 0.3 is 5.97 Å². The van der Waals surface area contributed by atoms with Gasteiger partial charge in [-0.3, -0.25) is 19.2 Å². The zero-order valence-corrected chi connectivity index (χ0v) is 22.4. The highest BCUT2D eigenvalue weighted by molar-refractivity contribution is 6.00. The van der Waals surface area contributed by atoms with Gasteiger partial charge in [0.2, 0.25) is 23.6 Å². The Labute approximate surface area is 217 Å². The average Bonchev–Trinajstić information content (AvgIpc) is 3.28. The van der Waals surface area contributed by atoms with E-state index in [2.05, 4.69) is 21.3 Å². The monoisotopic (exact) mass is 514 g/mol. The van der Waals surface area contributed by atoms with Crippen LogP contribution in [0.1, 0.15) is 78.7 Å². The number of hydrogen-bond donors (Lipinski definition) is 4. The molecular formula is C27H38N4O6. The van der Waals surface area contributed by atoms with Crippen LogP contribution in [-0.2, 0) is 28.7 Å². The third-order valence-electron chi connectivity index (χ3n) is 7.09. The van der Waals surface area contributed by atoms with E-state index in [4.69, 9.17) is 4.74 Å². The van der Waals surface area contributed by atoms with E-state index in [9.17, 15) is 24.0 Å². The first kappa shape index (κ1) is 28.1. The Morgan fingerprint density at radius 2 is 1.14 bits per heavy atom. The number of cyclic esters (lactones) is 1.